The third kappa shape index (κ3) is 6.30. The molecule has 0 saturated carbocycles. The molecule has 1 saturated heterocycles. The van der Waals surface area contributed by atoms with E-state index in [-0.39, 0.29) is 18.6 Å². The summed E-state index contributed by atoms with van der Waals surface area (Å²) in [7, 11) is 0. The first-order valence-electron chi connectivity index (χ1n) is 9.96. The predicted molar refractivity (Wildman–Crippen MR) is 110 cm³/mol. The Morgan fingerprint density at radius 3 is 2.59 bits per heavy atom. The van der Waals surface area contributed by atoms with Crippen LogP contribution in [-0.2, 0) is 9.47 Å². The van der Waals surface area contributed by atoms with Crippen molar-refractivity contribution < 1.29 is 24.0 Å². The average molecular weight is 398 g/mol. The van der Waals surface area contributed by atoms with Gasteiger partial charge in [-0.2, -0.15) is 0 Å². The minimum atomic E-state index is -0.539. The Hall–Kier alpha value is -2.90. The van der Waals surface area contributed by atoms with Crippen LogP contribution in [-0.4, -0.2) is 51.5 Å². The summed E-state index contributed by atoms with van der Waals surface area (Å²) in [5, 5.41) is 5.79. The fraction of sp³-hybridized carbons (Fsp3) is 0.364. The second-order valence-corrected chi connectivity index (χ2v) is 6.93. The number of carbonyl (C=O) groups excluding carboxylic acids is 2. The van der Waals surface area contributed by atoms with Crippen molar-refractivity contribution in [3.05, 3.63) is 65.7 Å². The molecule has 1 aliphatic heterocycles. The minimum absolute atomic E-state index is 0.113. The molecule has 3 rings (SSSR count). The molecule has 1 fully saturated rings. The number of rotatable bonds is 7. The number of benzene rings is 2. The molecule has 1 atom stereocenters. The summed E-state index contributed by atoms with van der Waals surface area (Å²) < 4.78 is 10.3. The maximum atomic E-state index is 12.9. The first-order valence-corrected chi connectivity index (χ1v) is 9.96. The summed E-state index contributed by atoms with van der Waals surface area (Å²) in [4.78, 5) is 26.0. The summed E-state index contributed by atoms with van der Waals surface area (Å²) in [6.07, 6.45) is -0.539. The molecule has 1 aliphatic rings. The van der Waals surface area contributed by atoms with Crippen LogP contribution < -0.4 is 15.5 Å². The molecule has 1 heterocycles. The molecule has 0 aromatic heterocycles. The first-order chi connectivity index (χ1) is 14.2. The molecule has 0 aliphatic carbocycles. The highest BCUT2D eigenvalue weighted by Crippen LogP contribution is 2.15. The number of quaternary nitrogens is 1. The Bertz CT molecular complexity index is 807. The quantitative estimate of drug-likeness (QED) is 0.662. The van der Waals surface area contributed by atoms with E-state index >= 15 is 0 Å². The van der Waals surface area contributed by atoms with Crippen LogP contribution >= 0.6 is 0 Å². The van der Waals surface area contributed by atoms with Gasteiger partial charge in [-0.3, -0.25) is 10.1 Å². The lowest BCUT2D eigenvalue weighted by Crippen LogP contribution is -3.14. The van der Waals surface area contributed by atoms with E-state index in [1.54, 1.807) is 31.2 Å². The molecule has 7 heteroatoms. The lowest BCUT2D eigenvalue weighted by atomic mass is 10.1. The zero-order chi connectivity index (χ0) is 20.5. The highest BCUT2D eigenvalue weighted by atomic mass is 16.5. The molecule has 0 unspecified atom stereocenters. The van der Waals surface area contributed by atoms with Gasteiger partial charge in [-0.15, -0.1) is 0 Å². The van der Waals surface area contributed by atoms with Gasteiger partial charge in [-0.1, -0.05) is 36.4 Å². The molecule has 0 radical (unpaired) electrons. The van der Waals surface area contributed by atoms with Gasteiger partial charge in [0.1, 0.15) is 25.7 Å². The van der Waals surface area contributed by atoms with Crippen molar-refractivity contribution in [2.45, 2.75) is 13.0 Å². The molecule has 0 spiro atoms. The van der Waals surface area contributed by atoms with Gasteiger partial charge in [0.05, 0.1) is 19.8 Å². The minimum Gasteiger partial charge on any atom is -0.450 e. The van der Waals surface area contributed by atoms with Crippen molar-refractivity contribution >= 4 is 17.7 Å². The molecule has 0 bridgehead atoms. The van der Waals surface area contributed by atoms with Gasteiger partial charge in [-0.05, 0) is 30.7 Å². The molecular formula is C22H28N3O4+. The number of hydrogen-bond donors (Lipinski definition) is 3. The Balaban J connectivity index is 1.71. The van der Waals surface area contributed by atoms with E-state index in [9.17, 15) is 9.59 Å². The monoisotopic (exact) mass is 398 g/mol. The Labute approximate surface area is 171 Å². The van der Waals surface area contributed by atoms with Gasteiger partial charge in [-0.25, -0.2) is 4.79 Å². The lowest BCUT2D eigenvalue weighted by molar-refractivity contribution is -0.909. The fourth-order valence-corrected chi connectivity index (χ4v) is 3.36. The summed E-state index contributed by atoms with van der Waals surface area (Å²) in [5.74, 6) is -0.181. The topological polar surface area (TPSA) is 81.1 Å². The second kappa shape index (κ2) is 10.6. The van der Waals surface area contributed by atoms with E-state index in [1.807, 2.05) is 30.3 Å². The molecule has 29 heavy (non-hydrogen) atoms. The van der Waals surface area contributed by atoms with Crippen molar-refractivity contribution in [1.82, 2.24) is 5.32 Å². The smallest absolute Gasteiger partial charge is 0.411 e. The van der Waals surface area contributed by atoms with Crippen LogP contribution in [0.25, 0.3) is 0 Å². The highest BCUT2D eigenvalue weighted by Gasteiger charge is 2.23. The van der Waals surface area contributed by atoms with Gasteiger partial charge in [0, 0.05) is 11.3 Å². The standard InChI is InChI=1S/C22H27N3O4/c1-2-29-22(27)23-19-10-6-9-18(15-19)21(26)24-20(17-7-4-3-5-8-17)16-25-11-13-28-14-12-25/h3-10,15,20H,2,11-14,16H2,1H3,(H,23,27)(H,24,26)/p+1/t20-/m1/s1. The Kier molecular flexibility index (Phi) is 7.61. The number of nitrogens with one attached hydrogen (secondary N) is 3. The maximum absolute atomic E-state index is 12.9. The number of morpholine rings is 1. The predicted octanol–water partition coefficient (Wildman–Crippen LogP) is 1.64. The zero-order valence-corrected chi connectivity index (χ0v) is 16.6. The van der Waals surface area contributed by atoms with E-state index in [4.69, 9.17) is 9.47 Å². The second-order valence-electron chi connectivity index (χ2n) is 6.93. The van der Waals surface area contributed by atoms with Gasteiger partial charge in [0.25, 0.3) is 5.91 Å². The van der Waals surface area contributed by atoms with E-state index in [2.05, 4.69) is 10.6 Å². The third-order valence-electron chi connectivity index (χ3n) is 4.85. The van der Waals surface area contributed by atoms with Crippen LogP contribution in [0.3, 0.4) is 0 Å². The normalized spacial score (nSPS) is 15.3. The van der Waals surface area contributed by atoms with Crippen LogP contribution in [0.2, 0.25) is 0 Å². The summed E-state index contributed by atoms with van der Waals surface area (Å²) in [6, 6.07) is 16.7. The SMILES string of the molecule is CCOC(=O)Nc1cccc(C(=O)N[C@H](C[NH+]2CCOCC2)c2ccccc2)c1. The van der Waals surface area contributed by atoms with E-state index in [0.717, 1.165) is 38.4 Å². The van der Waals surface area contributed by atoms with Crippen molar-refractivity contribution in [3.8, 4) is 0 Å². The molecule has 154 valence electrons. The third-order valence-corrected chi connectivity index (χ3v) is 4.85. The fourth-order valence-electron chi connectivity index (χ4n) is 3.36. The van der Waals surface area contributed by atoms with Crippen LogP contribution in [0.5, 0.6) is 0 Å². The largest absolute Gasteiger partial charge is 0.450 e. The van der Waals surface area contributed by atoms with Crippen LogP contribution in [0.4, 0.5) is 10.5 Å². The van der Waals surface area contributed by atoms with Gasteiger partial charge < -0.3 is 19.7 Å². The average Bonchev–Trinajstić information content (AvgIpc) is 2.75. The Morgan fingerprint density at radius 1 is 1.10 bits per heavy atom. The summed E-state index contributed by atoms with van der Waals surface area (Å²) in [6.45, 7) is 6.16. The molecule has 3 N–H and O–H groups in total. The Morgan fingerprint density at radius 2 is 1.86 bits per heavy atom. The van der Waals surface area contributed by atoms with Crippen LogP contribution in [0.15, 0.2) is 54.6 Å². The van der Waals surface area contributed by atoms with Crippen LogP contribution in [0, 0.1) is 0 Å². The summed E-state index contributed by atoms with van der Waals surface area (Å²) in [5.41, 5.74) is 2.07. The number of amides is 2. The molecule has 2 amide bonds. The highest BCUT2D eigenvalue weighted by molar-refractivity contribution is 5.96. The number of carbonyl (C=O) groups is 2. The van der Waals surface area contributed by atoms with Crippen molar-refractivity contribution in [1.29, 1.82) is 0 Å². The lowest BCUT2D eigenvalue weighted by Gasteiger charge is -2.28. The van der Waals surface area contributed by atoms with Crippen molar-refractivity contribution in [3.63, 3.8) is 0 Å². The number of ether oxygens (including phenoxy) is 2. The molecule has 2 aromatic rings. The van der Waals surface area contributed by atoms with Crippen LogP contribution in [0.1, 0.15) is 28.9 Å². The van der Waals surface area contributed by atoms with E-state index in [0.29, 0.717) is 11.3 Å². The molecule has 7 nitrogen and oxygen atoms in total. The molecule has 2 aromatic carbocycles. The number of hydrogen-bond acceptors (Lipinski definition) is 4. The van der Waals surface area contributed by atoms with E-state index in [1.165, 1.54) is 4.90 Å². The first kappa shape index (κ1) is 20.8. The van der Waals surface area contributed by atoms with Crippen molar-refractivity contribution in [2.75, 3.05) is 44.8 Å². The van der Waals surface area contributed by atoms with Gasteiger partial charge in [0.2, 0.25) is 0 Å². The number of anilines is 1. The van der Waals surface area contributed by atoms with Gasteiger partial charge >= 0.3 is 6.09 Å². The summed E-state index contributed by atoms with van der Waals surface area (Å²) >= 11 is 0. The maximum Gasteiger partial charge on any atom is 0.411 e. The van der Waals surface area contributed by atoms with Crippen molar-refractivity contribution in [2.24, 2.45) is 0 Å². The van der Waals surface area contributed by atoms with E-state index < -0.39 is 6.09 Å². The molecular weight excluding hydrogens is 370 g/mol. The van der Waals surface area contributed by atoms with Gasteiger partial charge in [0.15, 0.2) is 0 Å². The zero-order valence-electron chi connectivity index (χ0n) is 16.6.